The lowest BCUT2D eigenvalue weighted by Gasteiger charge is -2.03. The van der Waals surface area contributed by atoms with E-state index in [0.717, 1.165) is 16.8 Å². The van der Waals surface area contributed by atoms with Crippen LogP contribution in [-0.4, -0.2) is 16.8 Å². The molecule has 2 heteroatoms. The highest BCUT2D eigenvalue weighted by molar-refractivity contribution is 8.00. The third-order valence-corrected chi connectivity index (χ3v) is 2.82. The van der Waals surface area contributed by atoms with Crippen molar-refractivity contribution >= 4 is 24.4 Å². The van der Waals surface area contributed by atoms with Gasteiger partial charge in [-0.25, -0.2) is 0 Å². The molecular weight excluding hydrogens is 160 g/mol. The third kappa shape index (κ3) is 6.56. The summed E-state index contributed by atoms with van der Waals surface area (Å²) in [5.74, 6) is 2.00. The molecule has 1 atom stereocenters. The van der Waals surface area contributed by atoms with Gasteiger partial charge in [-0.3, -0.25) is 0 Å². The van der Waals surface area contributed by atoms with E-state index in [1.165, 1.54) is 6.42 Å². The Kier molecular flexibility index (Phi) is 7.88. The lowest BCUT2D eigenvalue weighted by molar-refractivity contribution is 0.907. The van der Waals surface area contributed by atoms with Crippen LogP contribution in [0.25, 0.3) is 0 Å². The maximum Gasteiger partial charge on any atom is 0.0116 e. The van der Waals surface area contributed by atoms with Gasteiger partial charge in [0.15, 0.2) is 0 Å². The summed E-state index contributed by atoms with van der Waals surface area (Å²) < 4.78 is 0. The van der Waals surface area contributed by atoms with Crippen LogP contribution >= 0.6 is 24.4 Å². The average molecular weight is 176 g/mol. The first-order chi connectivity index (χ1) is 4.81. The van der Waals surface area contributed by atoms with Crippen LogP contribution in [0.4, 0.5) is 0 Å². The predicted molar refractivity (Wildman–Crippen MR) is 55.2 cm³/mol. The van der Waals surface area contributed by atoms with Gasteiger partial charge in [0.2, 0.25) is 0 Å². The van der Waals surface area contributed by atoms with Gasteiger partial charge in [-0.15, -0.1) is 0 Å². The van der Waals surface area contributed by atoms with Crippen LogP contribution in [0.15, 0.2) is 12.2 Å². The van der Waals surface area contributed by atoms with Gasteiger partial charge in [-0.1, -0.05) is 26.0 Å². The quantitative estimate of drug-likeness (QED) is 0.496. The molecule has 0 aliphatic rings. The Balaban J connectivity index is 3.10. The largest absolute Gasteiger partial charge is 0.175 e. The first-order valence-corrected chi connectivity index (χ1v) is 5.36. The van der Waals surface area contributed by atoms with Gasteiger partial charge in [-0.2, -0.15) is 24.4 Å². The normalized spacial score (nSPS) is 14.3. The molecule has 0 radical (unpaired) electrons. The Labute approximate surface area is 73.9 Å². The Morgan fingerprint density at radius 2 is 2.20 bits per heavy atom. The first-order valence-electron chi connectivity index (χ1n) is 3.68. The molecule has 0 aliphatic carbocycles. The van der Waals surface area contributed by atoms with Crippen LogP contribution in [0.3, 0.4) is 0 Å². The van der Waals surface area contributed by atoms with Crippen molar-refractivity contribution < 1.29 is 0 Å². The summed E-state index contributed by atoms with van der Waals surface area (Å²) in [4.78, 5) is 0. The monoisotopic (exact) mass is 176 g/mol. The highest BCUT2D eigenvalue weighted by Gasteiger charge is 1.94. The van der Waals surface area contributed by atoms with Crippen LogP contribution in [0.1, 0.15) is 20.3 Å². The minimum atomic E-state index is 0.796. The molecule has 0 aromatic heterocycles. The molecule has 0 heterocycles. The fraction of sp³-hybridized carbons (Fsp3) is 0.750. The van der Waals surface area contributed by atoms with Crippen molar-refractivity contribution in [1.29, 1.82) is 0 Å². The molecule has 1 unspecified atom stereocenters. The zero-order valence-corrected chi connectivity index (χ0v) is 8.42. The SMILES string of the molecule is CCC(C)SCC=CCS. The van der Waals surface area contributed by atoms with Crippen LogP contribution in [0.5, 0.6) is 0 Å². The lowest BCUT2D eigenvalue weighted by atomic mass is 10.4. The summed E-state index contributed by atoms with van der Waals surface area (Å²) in [6, 6.07) is 0. The third-order valence-electron chi connectivity index (χ3n) is 1.32. The average Bonchev–Trinajstić information content (AvgIpc) is 1.98. The van der Waals surface area contributed by atoms with E-state index in [1.54, 1.807) is 0 Å². The molecule has 0 aromatic rings. The van der Waals surface area contributed by atoms with E-state index >= 15 is 0 Å². The van der Waals surface area contributed by atoms with Crippen LogP contribution in [0.2, 0.25) is 0 Å². The summed E-state index contributed by atoms with van der Waals surface area (Å²) in [6.45, 7) is 4.49. The van der Waals surface area contributed by atoms with E-state index in [1.807, 2.05) is 11.8 Å². The van der Waals surface area contributed by atoms with Gasteiger partial charge in [0, 0.05) is 16.8 Å². The summed E-state index contributed by atoms with van der Waals surface area (Å²) in [5.41, 5.74) is 0. The van der Waals surface area contributed by atoms with E-state index in [4.69, 9.17) is 0 Å². The molecular formula is C8H16S2. The standard InChI is InChI=1S/C8H16S2/c1-3-8(2)10-7-5-4-6-9/h4-5,8-9H,3,6-7H2,1-2H3. The maximum atomic E-state index is 4.07. The molecule has 0 bridgehead atoms. The fourth-order valence-electron chi connectivity index (χ4n) is 0.480. The molecule has 0 aromatic carbocycles. The van der Waals surface area contributed by atoms with Gasteiger partial charge in [0.1, 0.15) is 0 Å². The van der Waals surface area contributed by atoms with E-state index in [-0.39, 0.29) is 0 Å². The Hall–Kier alpha value is 0.440. The molecule has 0 saturated carbocycles. The Bertz CT molecular complexity index is 89.3. The van der Waals surface area contributed by atoms with E-state index in [0.29, 0.717) is 0 Å². The number of rotatable bonds is 5. The number of hydrogen-bond acceptors (Lipinski definition) is 2. The first kappa shape index (κ1) is 10.4. The molecule has 0 fully saturated rings. The van der Waals surface area contributed by atoms with Crippen molar-refractivity contribution in [2.24, 2.45) is 0 Å². The number of thioether (sulfide) groups is 1. The molecule has 10 heavy (non-hydrogen) atoms. The summed E-state index contributed by atoms with van der Waals surface area (Å²) in [5, 5.41) is 0.796. The number of thiol groups is 1. The second-order valence-electron chi connectivity index (χ2n) is 2.21. The van der Waals surface area contributed by atoms with Crippen molar-refractivity contribution in [1.82, 2.24) is 0 Å². The fourth-order valence-corrected chi connectivity index (χ4v) is 1.44. The summed E-state index contributed by atoms with van der Waals surface area (Å²) >= 11 is 6.07. The smallest absolute Gasteiger partial charge is 0.0116 e. The zero-order valence-electron chi connectivity index (χ0n) is 6.71. The van der Waals surface area contributed by atoms with Crippen molar-refractivity contribution in [3.8, 4) is 0 Å². The van der Waals surface area contributed by atoms with Crippen LogP contribution in [0, 0.1) is 0 Å². The minimum Gasteiger partial charge on any atom is -0.175 e. The number of hydrogen-bond donors (Lipinski definition) is 1. The maximum absolute atomic E-state index is 4.07. The van der Waals surface area contributed by atoms with Crippen LogP contribution in [-0.2, 0) is 0 Å². The van der Waals surface area contributed by atoms with Crippen molar-refractivity contribution in [3.05, 3.63) is 12.2 Å². The topological polar surface area (TPSA) is 0 Å². The second kappa shape index (κ2) is 7.55. The zero-order chi connectivity index (χ0) is 7.82. The van der Waals surface area contributed by atoms with Crippen molar-refractivity contribution in [2.45, 2.75) is 25.5 Å². The molecule has 0 aliphatic heterocycles. The Morgan fingerprint density at radius 1 is 1.50 bits per heavy atom. The molecule has 60 valence electrons. The van der Waals surface area contributed by atoms with Gasteiger partial charge >= 0.3 is 0 Å². The highest BCUT2D eigenvalue weighted by Crippen LogP contribution is 2.12. The summed E-state index contributed by atoms with van der Waals surface area (Å²) in [7, 11) is 0. The van der Waals surface area contributed by atoms with Gasteiger partial charge in [0.25, 0.3) is 0 Å². The predicted octanol–water partition coefficient (Wildman–Crippen LogP) is 3.00. The van der Waals surface area contributed by atoms with Gasteiger partial charge in [-0.05, 0) is 6.42 Å². The highest BCUT2D eigenvalue weighted by atomic mass is 32.2. The van der Waals surface area contributed by atoms with E-state index < -0.39 is 0 Å². The van der Waals surface area contributed by atoms with Crippen LogP contribution < -0.4 is 0 Å². The van der Waals surface area contributed by atoms with E-state index in [2.05, 4.69) is 38.6 Å². The molecule has 0 rings (SSSR count). The van der Waals surface area contributed by atoms with E-state index in [9.17, 15) is 0 Å². The molecule has 0 saturated heterocycles. The lowest BCUT2D eigenvalue weighted by Crippen LogP contribution is -1.92. The van der Waals surface area contributed by atoms with Crippen molar-refractivity contribution in [3.63, 3.8) is 0 Å². The van der Waals surface area contributed by atoms with Gasteiger partial charge in [0.05, 0.1) is 0 Å². The van der Waals surface area contributed by atoms with Crippen molar-refractivity contribution in [2.75, 3.05) is 11.5 Å². The molecule has 0 N–H and O–H groups in total. The minimum absolute atomic E-state index is 0.796. The molecule has 0 spiro atoms. The van der Waals surface area contributed by atoms with Gasteiger partial charge < -0.3 is 0 Å². The summed E-state index contributed by atoms with van der Waals surface area (Å²) in [6.07, 6.45) is 5.54. The second-order valence-corrected chi connectivity index (χ2v) is 4.04. The molecule has 0 amide bonds. The molecule has 0 nitrogen and oxygen atoms in total. The Morgan fingerprint density at radius 3 is 2.70 bits per heavy atom.